The molecule has 0 atom stereocenters. The Bertz CT molecular complexity index is 1220. The number of ether oxygens (including phenoxy) is 1. The molecular formula is C23H22FN3O2S. The molecule has 0 fully saturated rings. The molecule has 4 rings (SSSR count). The molecule has 2 aromatic heterocycles. The zero-order valence-corrected chi connectivity index (χ0v) is 17.7. The molecule has 5 nitrogen and oxygen atoms in total. The van der Waals surface area contributed by atoms with Gasteiger partial charge in [0.05, 0.1) is 13.2 Å². The van der Waals surface area contributed by atoms with Crippen LogP contribution in [-0.2, 0) is 24.1 Å². The van der Waals surface area contributed by atoms with Crippen molar-refractivity contribution in [2.45, 2.75) is 17.5 Å². The molecule has 0 unspecified atom stereocenters. The molecule has 2 aromatic carbocycles. The van der Waals surface area contributed by atoms with Gasteiger partial charge < -0.3 is 9.30 Å². The second-order valence-electron chi connectivity index (χ2n) is 6.98. The van der Waals surface area contributed by atoms with Crippen molar-refractivity contribution in [3.05, 3.63) is 82.5 Å². The maximum Gasteiger partial charge on any atom is 0.278 e. The summed E-state index contributed by atoms with van der Waals surface area (Å²) >= 11 is 1.46. The molecule has 0 N–H and O–H groups in total. The van der Waals surface area contributed by atoms with Crippen LogP contribution in [0.3, 0.4) is 0 Å². The first-order valence-corrected chi connectivity index (χ1v) is 10.6. The van der Waals surface area contributed by atoms with Gasteiger partial charge in [-0.1, -0.05) is 54.2 Å². The van der Waals surface area contributed by atoms with E-state index in [0.29, 0.717) is 35.1 Å². The minimum atomic E-state index is -0.267. The van der Waals surface area contributed by atoms with Gasteiger partial charge in [-0.3, -0.25) is 9.36 Å². The van der Waals surface area contributed by atoms with Gasteiger partial charge in [-0.25, -0.2) is 9.37 Å². The SMILES string of the molecule is COCCn1c(SCc2ccc(F)cc2)nc2c(-c3ccccc3)cn(C)c2c1=O. The summed E-state index contributed by atoms with van der Waals surface area (Å²) in [5.41, 5.74) is 4.06. The minimum Gasteiger partial charge on any atom is -0.383 e. The molecule has 0 aliphatic heterocycles. The summed E-state index contributed by atoms with van der Waals surface area (Å²) in [5.74, 6) is 0.315. The zero-order valence-electron chi connectivity index (χ0n) is 16.8. The lowest BCUT2D eigenvalue weighted by Crippen LogP contribution is -2.26. The number of hydrogen-bond donors (Lipinski definition) is 0. The molecule has 0 spiro atoms. The van der Waals surface area contributed by atoms with Gasteiger partial charge in [0.25, 0.3) is 5.56 Å². The molecule has 154 valence electrons. The van der Waals surface area contributed by atoms with Crippen LogP contribution in [0.2, 0.25) is 0 Å². The van der Waals surface area contributed by atoms with E-state index in [2.05, 4.69) is 0 Å². The molecule has 30 heavy (non-hydrogen) atoms. The van der Waals surface area contributed by atoms with Gasteiger partial charge >= 0.3 is 0 Å². The van der Waals surface area contributed by atoms with Crippen LogP contribution < -0.4 is 5.56 Å². The van der Waals surface area contributed by atoms with E-state index in [1.54, 1.807) is 23.8 Å². The second kappa shape index (κ2) is 8.85. The van der Waals surface area contributed by atoms with E-state index in [1.165, 1.54) is 23.9 Å². The summed E-state index contributed by atoms with van der Waals surface area (Å²) in [7, 11) is 3.47. The fourth-order valence-electron chi connectivity index (χ4n) is 3.40. The number of aromatic nitrogens is 3. The lowest BCUT2D eigenvalue weighted by molar-refractivity contribution is 0.183. The number of thioether (sulfide) groups is 1. The van der Waals surface area contributed by atoms with E-state index in [1.807, 2.05) is 48.1 Å². The number of rotatable bonds is 7. The highest BCUT2D eigenvalue weighted by Gasteiger charge is 2.18. The Hall–Kier alpha value is -2.90. The molecule has 0 bridgehead atoms. The highest BCUT2D eigenvalue weighted by molar-refractivity contribution is 7.98. The van der Waals surface area contributed by atoms with Crippen molar-refractivity contribution in [3.63, 3.8) is 0 Å². The van der Waals surface area contributed by atoms with Crippen LogP contribution in [-0.4, -0.2) is 27.8 Å². The molecule has 4 aromatic rings. The molecule has 2 heterocycles. The number of benzene rings is 2. The van der Waals surface area contributed by atoms with Crippen LogP contribution in [0.15, 0.2) is 70.7 Å². The van der Waals surface area contributed by atoms with E-state index in [-0.39, 0.29) is 11.4 Å². The number of nitrogens with zero attached hydrogens (tertiary/aromatic N) is 3. The predicted molar refractivity (Wildman–Crippen MR) is 118 cm³/mol. The largest absolute Gasteiger partial charge is 0.383 e. The highest BCUT2D eigenvalue weighted by Crippen LogP contribution is 2.30. The Morgan fingerprint density at radius 1 is 1.10 bits per heavy atom. The van der Waals surface area contributed by atoms with Gasteiger partial charge in [-0.05, 0) is 23.3 Å². The Morgan fingerprint density at radius 3 is 2.53 bits per heavy atom. The number of halogens is 1. The molecule has 0 aliphatic carbocycles. The Morgan fingerprint density at radius 2 is 1.83 bits per heavy atom. The van der Waals surface area contributed by atoms with Crippen molar-refractivity contribution in [1.29, 1.82) is 0 Å². The third kappa shape index (κ3) is 4.04. The van der Waals surface area contributed by atoms with Crippen LogP contribution in [0.5, 0.6) is 0 Å². The molecule has 0 amide bonds. The van der Waals surface area contributed by atoms with Gasteiger partial charge in [-0.2, -0.15) is 0 Å². The Kier molecular flexibility index (Phi) is 6.01. The molecule has 0 radical (unpaired) electrons. The number of methoxy groups -OCH3 is 1. The van der Waals surface area contributed by atoms with Crippen LogP contribution in [0.1, 0.15) is 5.56 Å². The molecule has 0 saturated heterocycles. The second-order valence-corrected chi connectivity index (χ2v) is 7.92. The van der Waals surface area contributed by atoms with Crippen molar-refractivity contribution in [2.75, 3.05) is 13.7 Å². The van der Waals surface area contributed by atoms with Gasteiger partial charge in [0.2, 0.25) is 0 Å². The number of aryl methyl sites for hydroxylation is 1. The lowest BCUT2D eigenvalue weighted by Gasteiger charge is -2.12. The maximum absolute atomic E-state index is 13.4. The average molecular weight is 424 g/mol. The monoisotopic (exact) mass is 423 g/mol. The van der Waals surface area contributed by atoms with E-state index < -0.39 is 0 Å². The van der Waals surface area contributed by atoms with E-state index in [4.69, 9.17) is 9.72 Å². The maximum atomic E-state index is 13.4. The molecule has 0 saturated carbocycles. The quantitative estimate of drug-likeness (QED) is 0.325. The molecular weight excluding hydrogens is 401 g/mol. The number of hydrogen-bond acceptors (Lipinski definition) is 4. The van der Waals surface area contributed by atoms with Crippen LogP contribution in [0.4, 0.5) is 4.39 Å². The van der Waals surface area contributed by atoms with Gasteiger partial charge in [0.1, 0.15) is 16.9 Å². The van der Waals surface area contributed by atoms with Crippen molar-refractivity contribution < 1.29 is 9.13 Å². The topological polar surface area (TPSA) is 49.0 Å². The lowest BCUT2D eigenvalue weighted by atomic mass is 10.1. The van der Waals surface area contributed by atoms with E-state index in [9.17, 15) is 9.18 Å². The van der Waals surface area contributed by atoms with Gasteiger partial charge in [0.15, 0.2) is 5.16 Å². The first kappa shape index (κ1) is 20.4. The van der Waals surface area contributed by atoms with Gasteiger partial charge in [0, 0.05) is 31.7 Å². The fraction of sp³-hybridized carbons (Fsp3) is 0.217. The Labute approximate surface area is 178 Å². The first-order chi connectivity index (χ1) is 14.6. The van der Waals surface area contributed by atoms with Crippen LogP contribution in [0, 0.1) is 5.82 Å². The zero-order chi connectivity index (χ0) is 21.1. The van der Waals surface area contributed by atoms with E-state index in [0.717, 1.165) is 16.7 Å². The third-order valence-electron chi connectivity index (χ3n) is 4.93. The first-order valence-electron chi connectivity index (χ1n) is 9.60. The third-order valence-corrected chi connectivity index (χ3v) is 5.97. The van der Waals surface area contributed by atoms with E-state index >= 15 is 0 Å². The summed E-state index contributed by atoms with van der Waals surface area (Å²) in [6, 6.07) is 16.3. The van der Waals surface area contributed by atoms with Crippen molar-refractivity contribution in [3.8, 4) is 11.1 Å². The van der Waals surface area contributed by atoms with Crippen LogP contribution >= 0.6 is 11.8 Å². The normalized spacial score (nSPS) is 11.3. The summed E-state index contributed by atoms with van der Waals surface area (Å²) in [6.45, 7) is 0.822. The highest BCUT2D eigenvalue weighted by atomic mass is 32.2. The minimum absolute atomic E-state index is 0.0941. The molecule has 0 aliphatic rings. The summed E-state index contributed by atoms with van der Waals surface area (Å²) in [4.78, 5) is 18.3. The van der Waals surface area contributed by atoms with Crippen molar-refractivity contribution in [2.24, 2.45) is 7.05 Å². The van der Waals surface area contributed by atoms with Crippen molar-refractivity contribution in [1.82, 2.24) is 14.1 Å². The summed E-state index contributed by atoms with van der Waals surface area (Å²) in [5, 5.41) is 0.622. The van der Waals surface area contributed by atoms with Crippen LogP contribution in [0.25, 0.3) is 22.2 Å². The summed E-state index contributed by atoms with van der Waals surface area (Å²) < 4.78 is 21.9. The van der Waals surface area contributed by atoms with Gasteiger partial charge in [-0.15, -0.1) is 0 Å². The fourth-order valence-corrected chi connectivity index (χ4v) is 4.37. The average Bonchev–Trinajstić information content (AvgIpc) is 3.10. The van der Waals surface area contributed by atoms with Crippen molar-refractivity contribution >= 4 is 22.8 Å². The Balaban J connectivity index is 1.81. The standard InChI is InChI=1S/C23H22FN3O2S/c1-26-14-19(17-6-4-3-5-7-17)20-21(26)22(28)27(12-13-29-2)23(25-20)30-15-16-8-10-18(24)11-9-16/h3-11,14H,12-13,15H2,1-2H3. The predicted octanol–water partition coefficient (Wildman–Crippen LogP) is 4.48. The number of fused-ring (bicyclic) bond motifs is 1. The summed E-state index contributed by atoms with van der Waals surface area (Å²) in [6.07, 6.45) is 1.95. The smallest absolute Gasteiger partial charge is 0.278 e. The molecule has 7 heteroatoms.